The minimum absolute atomic E-state index is 0.0698. The molecule has 1 aromatic carbocycles. The molecule has 0 aliphatic carbocycles. The van der Waals surface area contributed by atoms with E-state index in [0.717, 1.165) is 12.0 Å². The van der Waals surface area contributed by atoms with E-state index in [9.17, 15) is 13.2 Å². The van der Waals surface area contributed by atoms with Gasteiger partial charge in [-0.1, -0.05) is 30.3 Å². The van der Waals surface area contributed by atoms with Gasteiger partial charge in [-0.15, -0.1) is 0 Å². The van der Waals surface area contributed by atoms with Crippen LogP contribution in [-0.2, 0) is 21.4 Å². The van der Waals surface area contributed by atoms with Gasteiger partial charge in [-0.05, 0) is 38.7 Å². The Labute approximate surface area is 151 Å². The lowest BCUT2D eigenvalue weighted by atomic mass is 9.92. The van der Waals surface area contributed by atoms with Crippen molar-refractivity contribution in [2.24, 2.45) is 5.92 Å². The molecular formula is C18H29N3O3S. The highest BCUT2D eigenvalue weighted by Gasteiger charge is 2.35. The van der Waals surface area contributed by atoms with Gasteiger partial charge < -0.3 is 5.32 Å². The average Bonchev–Trinajstić information content (AvgIpc) is 2.54. The molecule has 6 nitrogen and oxygen atoms in total. The Hall–Kier alpha value is -1.44. The lowest BCUT2D eigenvalue weighted by molar-refractivity contribution is -0.127. The average molecular weight is 368 g/mol. The van der Waals surface area contributed by atoms with E-state index in [1.165, 1.54) is 22.7 Å². The summed E-state index contributed by atoms with van der Waals surface area (Å²) in [5.74, 6) is -0.377. The quantitative estimate of drug-likeness (QED) is 0.831. The number of nitrogens with zero attached hydrogens (tertiary/aromatic N) is 2. The van der Waals surface area contributed by atoms with Crippen LogP contribution >= 0.6 is 0 Å². The maximum absolute atomic E-state index is 12.7. The Kier molecular flexibility index (Phi) is 6.24. The van der Waals surface area contributed by atoms with Gasteiger partial charge in [-0.2, -0.15) is 17.0 Å². The second-order valence-corrected chi connectivity index (χ2v) is 9.67. The summed E-state index contributed by atoms with van der Waals surface area (Å²) >= 11 is 0. The molecule has 1 aliphatic heterocycles. The molecule has 0 aromatic heterocycles. The van der Waals surface area contributed by atoms with Gasteiger partial charge in [0.05, 0.1) is 5.92 Å². The number of hydrogen-bond acceptors (Lipinski definition) is 3. The second-order valence-electron chi connectivity index (χ2n) is 7.52. The maximum Gasteiger partial charge on any atom is 0.281 e. The van der Waals surface area contributed by atoms with Gasteiger partial charge in [0.15, 0.2) is 0 Å². The molecule has 1 saturated heterocycles. The zero-order chi connectivity index (χ0) is 18.7. The second kappa shape index (κ2) is 7.85. The molecule has 1 amide bonds. The third kappa shape index (κ3) is 5.26. The molecule has 1 aromatic rings. The SMILES string of the molecule is CN(C)S(=O)(=O)N1CCC[C@@H](C(=O)NC(C)(C)Cc2ccccc2)C1. The van der Waals surface area contributed by atoms with E-state index in [1.807, 2.05) is 44.2 Å². The minimum Gasteiger partial charge on any atom is -0.351 e. The molecule has 25 heavy (non-hydrogen) atoms. The molecule has 1 heterocycles. The third-order valence-electron chi connectivity index (χ3n) is 4.49. The lowest BCUT2D eigenvalue weighted by Crippen LogP contribution is -2.52. The van der Waals surface area contributed by atoms with Crippen LogP contribution in [0.25, 0.3) is 0 Å². The summed E-state index contributed by atoms with van der Waals surface area (Å²) in [6.07, 6.45) is 2.14. The maximum atomic E-state index is 12.7. The topological polar surface area (TPSA) is 69.7 Å². The Morgan fingerprint density at radius 3 is 2.52 bits per heavy atom. The van der Waals surface area contributed by atoms with Gasteiger partial charge in [-0.25, -0.2) is 0 Å². The van der Waals surface area contributed by atoms with Gasteiger partial charge >= 0.3 is 0 Å². The van der Waals surface area contributed by atoms with E-state index < -0.39 is 10.2 Å². The number of hydrogen-bond donors (Lipinski definition) is 1. The van der Waals surface area contributed by atoms with Gasteiger partial charge in [0.1, 0.15) is 0 Å². The van der Waals surface area contributed by atoms with Crippen LogP contribution in [0.5, 0.6) is 0 Å². The number of rotatable bonds is 6. The number of amides is 1. The largest absolute Gasteiger partial charge is 0.351 e. The van der Waals surface area contributed by atoms with E-state index in [2.05, 4.69) is 5.32 Å². The lowest BCUT2D eigenvalue weighted by Gasteiger charge is -2.35. The molecule has 1 atom stereocenters. The summed E-state index contributed by atoms with van der Waals surface area (Å²) < 4.78 is 27.2. The third-order valence-corrected chi connectivity index (χ3v) is 6.40. The normalized spacial score (nSPS) is 19.8. The Bertz CT molecular complexity index is 687. The van der Waals surface area contributed by atoms with Crippen molar-refractivity contribution in [3.63, 3.8) is 0 Å². The van der Waals surface area contributed by atoms with Gasteiger partial charge in [-0.3, -0.25) is 4.79 Å². The van der Waals surface area contributed by atoms with Crippen LogP contribution in [0, 0.1) is 5.92 Å². The molecule has 0 spiro atoms. The van der Waals surface area contributed by atoms with E-state index in [-0.39, 0.29) is 23.9 Å². The van der Waals surface area contributed by atoms with Crippen LogP contribution in [-0.4, -0.2) is 55.7 Å². The number of carbonyl (C=O) groups excluding carboxylic acids is 1. The Morgan fingerprint density at radius 2 is 1.92 bits per heavy atom. The summed E-state index contributed by atoms with van der Waals surface area (Å²) in [6, 6.07) is 10.0. The van der Waals surface area contributed by atoms with Gasteiger partial charge in [0, 0.05) is 32.7 Å². The van der Waals surface area contributed by atoms with Crippen LogP contribution in [0.15, 0.2) is 30.3 Å². The van der Waals surface area contributed by atoms with E-state index in [0.29, 0.717) is 19.4 Å². The smallest absolute Gasteiger partial charge is 0.281 e. The number of nitrogens with one attached hydrogen (secondary N) is 1. The number of benzene rings is 1. The van der Waals surface area contributed by atoms with Crippen LogP contribution in [0.2, 0.25) is 0 Å². The summed E-state index contributed by atoms with van der Waals surface area (Å²) in [4.78, 5) is 12.7. The summed E-state index contributed by atoms with van der Waals surface area (Å²) in [7, 11) is -0.440. The zero-order valence-corrected chi connectivity index (χ0v) is 16.3. The first kappa shape index (κ1) is 19.9. The van der Waals surface area contributed by atoms with Gasteiger partial charge in [0.2, 0.25) is 5.91 Å². The van der Waals surface area contributed by atoms with E-state index >= 15 is 0 Å². The van der Waals surface area contributed by atoms with Crippen molar-refractivity contribution in [3.8, 4) is 0 Å². The van der Waals surface area contributed by atoms with Crippen LogP contribution in [0.1, 0.15) is 32.3 Å². The van der Waals surface area contributed by atoms with E-state index in [1.54, 1.807) is 0 Å². The van der Waals surface area contributed by atoms with Crippen LogP contribution < -0.4 is 5.32 Å². The molecule has 7 heteroatoms. The Morgan fingerprint density at radius 1 is 1.28 bits per heavy atom. The Balaban J connectivity index is 2.00. The van der Waals surface area contributed by atoms with Gasteiger partial charge in [0.25, 0.3) is 10.2 Å². The number of carbonyl (C=O) groups is 1. The summed E-state index contributed by atoms with van der Waals surface area (Å²) in [6.45, 7) is 4.70. The van der Waals surface area contributed by atoms with Crippen LogP contribution in [0.4, 0.5) is 0 Å². The van der Waals surface area contributed by atoms with Crippen molar-refractivity contribution in [1.82, 2.24) is 13.9 Å². The highest BCUT2D eigenvalue weighted by molar-refractivity contribution is 7.86. The first-order valence-corrected chi connectivity index (χ1v) is 10.0. The van der Waals surface area contributed by atoms with E-state index in [4.69, 9.17) is 0 Å². The molecular weight excluding hydrogens is 338 g/mol. The first-order chi connectivity index (χ1) is 11.6. The fourth-order valence-corrected chi connectivity index (χ4v) is 4.37. The van der Waals surface area contributed by atoms with Crippen molar-refractivity contribution in [3.05, 3.63) is 35.9 Å². The fourth-order valence-electron chi connectivity index (χ4n) is 3.18. The predicted octanol–water partition coefficient (Wildman–Crippen LogP) is 1.64. The molecule has 1 fully saturated rings. The fraction of sp³-hybridized carbons (Fsp3) is 0.611. The molecule has 2 rings (SSSR count). The van der Waals surface area contributed by atoms with Crippen molar-refractivity contribution < 1.29 is 13.2 Å². The summed E-state index contributed by atoms with van der Waals surface area (Å²) in [5.41, 5.74) is 0.773. The van der Waals surface area contributed by atoms with Crippen LogP contribution in [0.3, 0.4) is 0 Å². The molecule has 0 saturated carbocycles. The molecule has 140 valence electrons. The van der Waals surface area contributed by atoms with Crippen molar-refractivity contribution in [1.29, 1.82) is 0 Å². The molecule has 0 unspecified atom stereocenters. The highest BCUT2D eigenvalue weighted by atomic mass is 32.2. The minimum atomic E-state index is -3.47. The van der Waals surface area contributed by atoms with Crippen molar-refractivity contribution in [2.75, 3.05) is 27.2 Å². The monoisotopic (exact) mass is 367 g/mol. The van der Waals surface area contributed by atoms with Crippen molar-refractivity contribution in [2.45, 2.75) is 38.6 Å². The highest BCUT2D eigenvalue weighted by Crippen LogP contribution is 2.22. The molecule has 1 aliphatic rings. The molecule has 0 bridgehead atoms. The predicted molar refractivity (Wildman–Crippen MR) is 99.3 cm³/mol. The molecule has 1 N–H and O–H groups in total. The summed E-state index contributed by atoms with van der Waals surface area (Å²) in [5, 5.41) is 3.10. The standard InChI is InChI=1S/C18H29N3O3S/c1-18(2,13-15-9-6-5-7-10-15)19-17(22)16-11-8-12-21(14-16)25(23,24)20(3)4/h5-7,9-10,16H,8,11-14H2,1-4H3,(H,19,22)/t16-/m1/s1. The number of piperidine rings is 1. The van der Waals surface area contributed by atoms with Crippen molar-refractivity contribution >= 4 is 16.1 Å². The molecule has 0 radical (unpaired) electrons. The first-order valence-electron chi connectivity index (χ1n) is 8.65. The zero-order valence-electron chi connectivity index (χ0n) is 15.5.